The standard InChI is InChI=1S/C12H19BrS/c1-2-3-4-7-10-14-12-9-6-5-8-11(12)13/h11-12H,2-6,8-9H2,1H3/t11-,12-/m1/s1. The third-order valence-corrected chi connectivity index (χ3v) is 5.13. The molecule has 0 aliphatic heterocycles. The SMILES string of the molecule is CCCCC#CS[C@@H]1CCCC[C@H]1Br. The molecule has 0 amide bonds. The zero-order valence-corrected chi connectivity index (χ0v) is 11.3. The first-order valence-electron chi connectivity index (χ1n) is 5.62. The summed E-state index contributed by atoms with van der Waals surface area (Å²) in [5, 5.41) is 3.99. The molecule has 0 aromatic rings. The molecule has 0 bridgehead atoms. The Morgan fingerprint density at radius 1 is 1.36 bits per heavy atom. The first-order valence-corrected chi connectivity index (χ1v) is 7.41. The monoisotopic (exact) mass is 274 g/mol. The molecule has 80 valence electrons. The molecular formula is C12H19BrS. The number of unbranched alkanes of at least 4 members (excludes halogenated alkanes) is 2. The normalized spacial score (nSPS) is 26.7. The summed E-state index contributed by atoms with van der Waals surface area (Å²) >= 11 is 5.60. The lowest BCUT2D eigenvalue weighted by Gasteiger charge is -2.24. The van der Waals surface area contributed by atoms with Gasteiger partial charge in [0.05, 0.1) is 0 Å². The van der Waals surface area contributed by atoms with Crippen LogP contribution in [-0.4, -0.2) is 10.1 Å². The van der Waals surface area contributed by atoms with Crippen LogP contribution in [0.2, 0.25) is 0 Å². The Kier molecular flexibility index (Phi) is 6.81. The average molecular weight is 275 g/mol. The molecule has 14 heavy (non-hydrogen) atoms. The van der Waals surface area contributed by atoms with Crippen LogP contribution in [0.1, 0.15) is 51.9 Å². The highest BCUT2D eigenvalue weighted by molar-refractivity contribution is 9.09. The van der Waals surface area contributed by atoms with Crippen LogP contribution in [0.5, 0.6) is 0 Å². The van der Waals surface area contributed by atoms with Crippen molar-refractivity contribution < 1.29 is 0 Å². The molecule has 2 atom stereocenters. The molecule has 1 rings (SSSR count). The van der Waals surface area contributed by atoms with Crippen LogP contribution >= 0.6 is 27.7 Å². The van der Waals surface area contributed by atoms with E-state index in [4.69, 9.17) is 0 Å². The van der Waals surface area contributed by atoms with Crippen molar-refractivity contribution in [1.82, 2.24) is 0 Å². The van der Waals surface area contributed by atoms with E-state index in [1.165, 1.54) is 38.5 Å². The first kappa shape index (κ1) is 12.5. The van der Waals surface area contributed by atoms with Gasteiger partial charge in [-0.3, -0.25) is 0 Å². The molecule has 0 unspecified atom stereocenters. The maximum absolute atomic E-state index is 3.75. The van der Waals surface area contributed by atoms with Gasteiger partial charge in [0, 0.05) is 16.5 Å². The Hall–Kier alpha value is 0.390. The van der Waals surface area contributed by atoms with E-state index in [0.29, 0.717) is 4.83 Å². The first-order chi connectivity index (χ1) is 6.84. The Labute approximate surface area is 101 Å². The highest BCUT2D eigenvalue weighted by Gasteiger charge is 2.22. The van der Waals surface area contributed by atoms with E-state index < -0.39 is 0 Å². The van der Waals surface area contributed by atoms with Gasteiger partial charge in [0.25, 0.3) is 0 Å². The van der Waals surface area contributed by atoms with E-state index in [0.717, 1.165) is 11.7 Å². The minimum atomic E-state index is 0.696. The van der Waals surface area contributed by atoms with Crippen LogP contribution in [0.15, 0.2) is 0 Å². The summed E-state index contributed by atoms with van der Waals surface area (Å²) in [4.78, 5) is 0.696. The molecular weight excluding hydrogens is 256 g/mol. The van der Waals surface area contributed by atoms with E-state index in [1.54, 1.807) is 0 Å². The summed E-state index contributed by atoms with van der Waals surface area (Å²) in [7, 11) is 0. The fourth-order valence-electron chi connectivity index (χ4n) is 1.62. The predicted molar refractivity (Wildman–Crippen MR) is 69.9 cm³/mol. The summed E-state index contributed by atoms with van der Waals surface area (Å²) in [5.41, 5.74) is 0. The lowest BCUT2D eigenvalue weighted by atomic mass is 10.0. The van der Waals surface area contributed by atoms with E-state index in [1.807, 2.05) is 11.8 Å². The van der Waals surface area contributed by atoms with Gasteiger partial charge in [-0.05, 0) is 24.5 Å². The van der Waals surface area contributed by atoms with Crippen molar-refractivity contribution in [2.45, 2.75) is 61.9 Å². The Bertz CT molecular complexity index is 204. The summed E-state index contributed by atoms with van der Waals surface area (Å²) in [6.07, 6.45) is 9.01. The van der Waals surface area contributed by atoms with Gasteiger partial charge in [-0.25, -0.2) is 0 Å². The van der Waals surface area contributed by atoms with Crippen molar-refractivity contribution in [1.29, 1.82) is 0 Å². The van der Waals surface area contributed by atoms with Gasteiger partial charge in [-0.15, -0.1) is 0 Å². The minimum Gasteiger partial charge on any atom is -0.0913 e. The van der Waals surface area contributed by atoms with Crippen LogP contribution in [0, 0.1) is 11.2 Å². The second kappa shape index (κ2) is 7.65. The number of thioether (sulfide) groups is 1. The summed E-state index contributed by atoms with van der Waals surface area (Å²) in [6.45, 7) is 2.21. The number of halogens is 1. The molecule has 0 aromatic carbocycles. The third-order valence-electron chi connectivity index (χ3n) is 2.56. The molecule has 1 fully saturated rings. The molecule has 0 N–H and O–H groups in total. The predicted octanol–water partition coefficient (Wildman–Crippen LogP) is 4.58. The second-order valence-corrected chi connectivity index (χ2v) is 6.06. The van der Waals surface area contributed by atoms with Crippen molar-refractivity contribution in [2.24, 2.45) is 0 Å². The van der Waals surface area contributed by atoms with Crippen LogP contribution in [-0.2, 0) is 0 Å². The molecule has 0 saturated heterocycles. The van der Waals surface area contributed by atoms with Gasteiger partial charge in [0.2, 0.25) is 0 Å². The average Bonchev–Trinajstić information content (AvgIpc) is 2.20. The van der Waals surface area contributed by atoms with Gasteiger partial charge >= 0.3 is 0 Å². The maximum Gasteiger partial charge on any atom is 0.0296 e. The number of rotatable bonds is 3. The van der Waals surface area contributed by atoms with E-state index >= 15 is 0 Å². The Morgan fingerprint density at radius 2 is 2.14 bits per heavy atom. The number of hydrogen-bond donors (Lipinski definition) is 0. The minimum absolute atomic E-state index is 0.696. The molecule has 0 spiro atoms. The van der Waals surface area contributed by atoms with Gasteiger partial charge in [0.1, 0.15) is 0 Å². The summed E-state index contributed by atoms with van der Waals surface area (Å²) in [6, 6.07) is 0. The molecule has 1 aliphatic carbocycles. The van der Waals surface area contributed by atoms with Crippen molar-refractivity contribution in [3.8, 4) is 11.2 Å². The zero-order chi connectivity index (χ0) is 10.2. The largest absolute Gasteiger partial charge is 0.0913 e. The van der Waals surface area contributed by atoms with Crippen molar-refractivity contribution in [2.75, 3.05) is 0 Å². The van der Waals surface area contributed by atoms with Gasteiger partial charge in [0.15, 0.2) is 0 Å². The molecule has 0 aromatic heterocycles. The second-order valence-electron chi connectivity index (χ2n) is 3.84. The van der Waals surface area contributed by atoms with Crippen LogP contribution in [0.4, 0.5) is 0 Å². The van der Waals surface area contributed by atoms with Crippen molar-refractivity contribution >= 4 is 27.7 Å². The summed E-state index contributed by atoms with van der Waals surface area (Å²) < 4.78 is 0. The van der Waals surface area contributed by atoms with Gasteiger partial charge in [-0.2, -0.15) is 0 Å². The van der Waals surface area contributed by atoms with Crippen molar-refractivity contribution in [3.63, 3.8) is 0 Å². The lowest BCUT2D eigenvalue weighted by Crippen LogP contribution is -2.20. The van der Waals surface area contributed by atoms with E-state index in [-0.39, 0.29) is 0 Å². The zero-order valence-electron chi connectivity index (χ0n) is 8.89. The number of alkyl halides is 1. The highest BCUT2D eigenvalue weighted by atomic mass is 79.9. The summed E-state index contributed by atoms with van der Waals surface area (Å²) in [5.74, 6) is 3.25. The van der Waals surface area contributed by atoms with Crippen LogP contribution in [0.25, 0.3) is 0 Å². The molecule has 0 radical (unpaired) electrons. The van der Waals surface area contributed by atoms with Gasteiger partial charge in [-0.1, -0.05) is 59.8 Å². The molecule has 2 heteroatoms. The fourth-order valence-corrected chi connectivity index (χ4v) is 3.43. The number of hydrogen-bond acceptors (Lipinski definition) is 1. The Balaban J connectivity index is 2.17. The Morgan fingerprint density at radius 3 is 2.86 bits per heavy atom. The third kappa shape index (κ3) is 4.75. The van der Waals surface area contributed by atoms with Crippen LogP contribution in [0.3, 0.4) is 0 Å². The smallest absolute Gasteiger partial charge is 0.0296 e. The van der Waals surface area contributed by atoms with Crippen LogP contribution < -0.4 is 0 Å². The molecule has 1 aliphatic rings. The highest BCUT2D eigenvalue weighted by Crippen LogP contribution is 2.32. The lowest BCUT2D eigenvalue weighted by molar-refractivity contribution is 0.534. The van der Waals surface area contributed by atoms with Crippen molar-refractivity contribution in [3.05, 3.63) is 0 Å². The topological polar surface area (TPSA) is 0 Å². The maximum atomic E-state index is 3.75. The molecule has 0 nitrogen and oxygen atoms in total. The molecule has 0 heterocycles. The molecule has 1 saturated carbocycles. The van der Waals surface area contributed by atoms with E-state index in [2.05, 4.69) is 34.0 Å². The van der Waals surface area contributed by atoms with Gasteiger partial charge < -0.3 is 0 Å². The van der Waals surface area contributed by atoms with E-state index in [9.17, 15) is 0 Å². The quantitative estimate of drug-likeness (QED) is 0.413. The fraction of sp³-hybridized carbons (Fsp3) is 0.833.